The molecule has 0 saturated heterocycles. The zero-order chi connectivity index (χ0) is 15.3. The second kappa shape index (κ2) is 6.70. The van der Waals surface area contributed by atoms with Crippen molar-refractivity contribution in [3.05, 3.63) is 40.0 Å². The number of carboxylic acid groups (broad SMARTS) is 1. The average molecular weight is 278 g/mol. The highest BCUT2D eigenvalue weighted by molar-refractivity contribution is 5.86. The molecule has 0 fully saturated rings. The molecule has 0 heterocycles. The summed E-state index contributed by atoms with van der Waals surface area (Å²) in [5.41, 5.74) is 1.01. The van der Waals surface area contributed by atoms with E-state index in [0.717, 1.165) is 18.3 Å². The third kappa shape index (κ3) is 3.81. The number of nitrogens with zero attached hydrogens (tertiary/aromatic N) is 2. The topological polar surface area (TPSA) is 83.7 Å². The van der Waals surface area contributed by atoms with Crippen molar-refractivity contribution in [3.8, 4) is 0 Å². The third-order valence-corrected chi connectivity index (χ3v) is 2.91. The SMILES string of the molecule is CCN(c1ccc([N+](=O)[O-])c(/C=C/C(=O)O)c1)C(C)C. The number of hydrogen-bond donors (Lipinski definition) is 1. The van der Waals surface area contributed by atoms with Crippen molar-refractivity contribution in [2.45, 2.75) is 26.8 Å². The number of nitro benzene ring substituents is 1. The molecule has 108 valence electrons. The van der Waals surface area contributed by atoms with Gasteiger partial charge in [-0.05, 0) is 39.0 Å². The lowest BCUT2D eigenvalue weighted by Crippen LogP contribution is -2.30. The maximum absolute atomic E-state index is 11.0. The normalized spacial score (nSPS) is 11.0. The average Bonchev–Trinajstić information content (AvgIpc) is 2.36. The van der Waals surface area contributed by atoms with Gasteiger partial charge in [0.1, 0.15) is 0 Å². The highest BCUT2D eigenvalue weighted by atomic mass is 16.6. The molecule has 0 aliphatic rings. The van der Waals surface area contributed by atoms with Gasteiger partial charge in [0, 0.05) is 30.4 Å². The zero-order valence-electron chi connectivity index (χ0n) is 11.7. The molecule has 1 N–H and O–H groups in total. The summed E-state index contributed by atoms with van der Waals surface area (Å²) in [6, 6.07) is 4.97. The molecule has 1 rings (SSSR count). The molecule has 0 saturated carbocycles. The van der Waals surface area contributed by atoms with Crippen molar-refractivity contribution in [1.82, 2.24) is 0 Å². The van der Waals surface area contributed by atoms with Gasteiger partial charge in [-0.3, -0.25) is 10.1 Å². The van der Waals surface area contributed by atoms with E-state index in [1.54, 1.807) is 12.1 Å². The summed E-state index contributed by atoms with van der Waals surface area (Å²) in [6.45, 7) is 6.81. The molecule has 0 radical (unpaired) electrons. The fourth-order valence-electron chi connectivity index (χ4n) is 2.03. The van der Waals surface area contributed by atoms with E-state index >= 15 is 0 Å². The number of anilines is 1. The van der Waals surface area contributed by atoms with Crippen LogP contribution in [-0.2, 0) is 4.79 Å². The van der Waals surface area contributed by atoms with Crippen molar-refractivity contribution >= 4 is 23.4 Å². The highest BCUT2D eigenvalue weighted by Gasteiger charge is 2.15. The lowest BCUT2D eigenvalue weighted by molar-refractivity contribution is -0.385. The molecule has 0 spiro atoms. The molecule has 0 aliphatic heterocycles. The first-order chi connectivity index (χ1) is 9.36. The molecular formula is C14H18N2O4. The first-order valence-electron chi connectivity index (χ1n) is 6.33. The number of hydrogen-bond acceptors (Lipinski definition) is 4. The molecule has 0 aliphatic carbocycles. The standard InChI is InChI=1S/C14H18N2O4/c1-4-15(10(2)3)12-6-7-13(16(19)20)11(9-12)5-8-14(17)18/h5-10H,4H2,1-3H3,(H,17,18)/b8-5+. The Bertz CT molecular complexity index is 538. The van der Waals surface area contributed by atoms with E-state index in [0.29, 0.717) is 0 Å². The molecule has 0 bridgehead atoms. The largest absolute Gasteiger partial charge is 0.478 e. The second-order valence-electron chi connectivity index (χ2n) is 4.55. The molecule has 0 atom stereocenters. The number of carbonyl (C=O) groups is 1. The smallest absolute Gasteiger partial charge is 0.328 e. The fourth-order valence-corrected chi connectivity index (χ4v) is 2.03. The molecule has 6 nitrogen and oxygen atoms in total. The van der Waals surface area contributed by atoms with Crippen molar-refractivity contribution in [2.75, 3.05) is 11.4 Å². The van der Waals surface area contributed by atoms with E-state index in [2.05, 4.69) is 4.90 Å². The Labute approximate surface area is 117 Å². The van der Waals surface area contributed by atoms with E-state index < -0.39 is 10.9 Å². The minimum absolute atomic E-state index is 0.106. The van der Waals surface area contributed by atoms with Gasteiger partial charge in [-0.1, -0.05) is 0 Å². The summed E-state index contributed by atoms with van der Waals surface area (Å²) in [5, 5.41) is 19.6. The number of benzene rings is 1. The Hall–Kier alpha value is -2.37. The van der Waals surface area contributed by atoms with E-state index in [-0.39, 0.29) is 17.3 Å². The van der Waals surface area contributed by atoms with Gasteiger partial charge < -0.3 is 10.0 Å². The predicted molar refractivity (Wildman–Crippen MR) is 77.9 cm³/mol. The van der Waals surface area contributed by atoms with Gasteiger partial charge >= 0.3 is 5.97 Å². The minimum Gasteiger partial charge on any atom is -0.478 e. The van der Waals surface area contributed by atoms with Crippen LogP contribution in [0.4, 0.5) is 11.4 Å². The lowest BCUT2D eigenvalue weighted by Gasteiger charge is -2.27. The summed E-state index contributed by atoms with van der Waals surface area (Å²) in [6.07, 6.45) is 2.15. The third-order valence-electron chi connectivity index (χ3n) is 2.91. The highest BCUT2D eigenvalue weighted by Crippen LogP contribution is 2.27. The molecule has 0 amide bonds. The van der Waals surface area contributed by atoms with Gasteiger partial charge in [0.25, 0.3) is 5.69 Å². The first-order valence-corrected chi connectivity index (χ1v) is 6.33. The van der Waals surface area contributed by atoms with Crippen LogP contribution in [0.5, 0.6) is 0 Å². The molecule has 0 aromatic heterocycles. The number of aliphatic carboxylic acids is 1. The van der Waals surface area contributed by atoms with E-state index in [4.69, 9.17) is 5.11 Å². The Morgan fingerprint density at radius 1 is 1.50 bits per heavy atom. The second-order valence-corrected chi connectivity index (χ2v) is 4.55. The fraction of sp³-hybridized carbons (Fsp3) is 0.357. The summed E-state index contributed by atoms with van der Waals surface area (Å²) < 4.78 is 0. The number of carboxylic acids is 1. The van der Waals surface area contributed by atoms with Crippen LogP contribution in [0.1, 0.15) is 26.3 Å². The van der Waals surface area contributed by atoms with Crippen LogP contribution in [0.25, 0.3) is 6.08 Å². The van der Waals surface area contributed by atoms with E-state index in [1.165, 1.54) is 12.1 Å². The molecule has 20 heavy (non-hydrogen) atoms. The van der Waals surface area contributed by atoms with Crippen molar-refractivity contribution < 1.29 is 14.8 Å². The maximum atomic E-state index is 11.0. The molecule has 1 aromatic rings. The number of nitro groups is 1. The Morgan fingerprint density at radius 3 is 2.60 bits per heavy atom. The van der Waals surface area contributed by atoms with Crippen LogP contribution < -0.4 is 4.90 Å². The molecule has 1 aromatic carbocycles. The zero-order valence-corrected chi connectivity index (χ0v) is 11.7. The van der Waals surface area contributed by atoms with Crippen LogP contribution in [0.2, 0.25) is 0 Å². The van der Waals surface area contributed by atoms with Crippen LogP contribution in [0, 0.1) is 10.1 Å². The van der Waals surface area contributed by atoms with E-state index in [1.807, 2.05) is 20.8 Å². The van der Waals surface area contributed by atoms with Crippen LogP contribution in [0.3, 0.4) is 0 Å². The molecular weight excluding hydrogens is 260 g/mol. The first kappa shape index (κ1) is 15.7. The van der Waals surface area contributed by atoms with Crippen LogP contribution in [0.15, 0.2) is 24.3 Å². The summed E-state index contributed by atoms with van der Waals surface area (Å²) >= 11 is 0. The lowest BCUT2D eigenvalue weighted by atomic mass is 10.1. The summed E-state index contributed by atoms with van der Waals surface area (Å²) in [5.74, 6) is -1.14. The monoisotopic (exact) mass is 278 g/mol. The van der Waals surface area contributed by atoms with Crippen LogP contribution in [-0.4, -0.2) is 28.6 Å². The number of rotatable bonds is 6. The summed E-state index contributed by atoms with van der Waals surface area (Å²) in [4.78, 5) is 23.1. The maximum Gasteiger partial charge on any atom is 0.328 e. The Kier molecular flexibility index (Phi) is 5.25. The minimum atomic E-state index is -1.14. The van der Waals surface area contributed by atoms with Gasteiger partial charge in [-0.2, -0.15) is 0 Å². The van der Waals surface area contributed by atoms with Gasteiger partial charge in [0.15, 0.2) is 0 Å². The van der Waals surface area contributed by atoms with Gasteiger partial charge in [0.2, 0.25) is 0 Å². The van der Waals surface area contributed by atoms with Crippen molar-refractivity contribution in [1.29, 1.82) is 0 Å². The van der Waals surface area contributed by atoms with Gasteiger partial charge in [0.05, 0.1) is 10.5 Å². The van der Waals surface area contributed by atoms with Gasteiger partial charge in [-0.25, -0.2) is 4.79 Å². The molecule has 6 heteroatoms. The van der Waals surface area contributed by atoms with Crippen molar-refractivity contribution in [3.63, 3.8) is 0 Å². The Morgan fingerprint density at radius 2 is 2.15 bits per heavy atom. The van der Waals surface area contributed by atoms with E-state index in [9.17, 15) is 14.9 Å². The molecule has 0 unspecified atom stereocenters. The quantitative estimate of drug-likeness (QED) is 0.491. The van der Waals surface area contributed by atoms with Crippen molar-refractivity contribution in [2.24, 2.45) is 0 Å². The van der Waals surface area contributed by atoms with Crippen LogP contribution >= 0.6 is 0 Å². The summed E-state index contributed by atoms with van der Waals surface area (Å²) in [7, 11) is 0. The Balaban J connectivity index is 3.29. The predicted octanol–water partition coefficient (Wildman–Crippen LogP) is 2.93. The van der Waals surface area contributed by atoms with Gasteiger partial charge in [-0.15, -0.1) is 0 Å².